The van der Waals surface area contributed by atoms with Gasteiger partial charge in [-0.05, 0) is 25.6 Å². The van der Waals surface area contributed by atoms with Crippen LogP contribution >= 0.6 is 12.4 Å². The standard InChI is InChI=1S/C12H15NO.ClH/c1-13-9-5-8-11(14)12(13)10-6-3-2-4-7-10;/h2-4,6-7,12H,5,8-9H2,1H3;1H. The van der Waals surface area contributed by atoms with Gasteiger partial charge in [-0.25, -0.2) is 0 Å². The fraction of sp³-hybridized carbons (Fsp3) is 0.417. The Bertz CT molecular complexity index is 326. The number of ketones is 1. The van der Waals surface area contributed by atoms with Crippen molar-refractivity contribution in [3.8, 4) is 0 Å². The molecule has 3 heteroatoms. The summed E-state index contributed by atoms with van der Waals surface area (Å²) in [6, 6.07) is 10.0. The van der Waals surface area contributed by atoms with Crippen LogP contribution in [0.15, 0.2) is 30.3 Å². The molecule has 1 aromatic carbocycles. The van der Waals surface area contributed by atoms with Crippen molar-refractivity contribution in [3.63, 3.8) is 0 Å². The highest BCUT2D eigenvalue weighted by Gasteiger charge is 2.27. The van der Waals surface area contributed by atoms with Gasteiger partial charge in [-0.3, -0.25) is 9.69 Å². The van der Waals surface area contributed by atoms with Gasteiger partial charge in [-0.1, -0.05) is 30.3 Å². The number of likely N-dealkylation sites (tertiary alicyclic amines) is 1. The maximum atomic E-state index is 11.8. The van der Waals surface area contributed by atoms with Crippen LogP contribution in [0.25, 0.3) is 0 Å². The molecule has 0 bridgehead atoms. The Kier molecular flexibility index (Phi) is 4.30. The number of hydrogen-bond acceptors (Lipinski definition) is 2. The molecule has 1 saturated heterocycles. The van der Waals surface area contributed by atoms with E-state index in [-0.39, 0.29) is 18.4 Å². The molecule has 1 heterocycles. The first-order valence-corrected chi connectivity index (χ1v) is 5.07. The summed E-state index contributed by atoms with van der Waals surface area (Å²) in [5, 5.41) is 0. The molecular formula is C12H16ClNO. The Morgan fingerprint density at radius 3 is 2.53 bits per heavy atom. The summed E-state index contributed by atoms with van der Waals surface area (Å²) in [5.74, 6) is 0.352. The van der Waals surface area contributed by atoms with E-state index >= 15 is 0 Å². The van der Waals surface area contributed by atoms with Crippen molar-refractivity contribution >= 4 is 18.2 Å². The Hall–Kier alpha value is -0.860. The number of carbonyl (C=O) groups excluding carboxylic acids is 1. The van der Waals surface area contributed by atoms with Crippen molar-refractivity contribution in [3.05, 3.63) is 35.9 Å². The molecule has 0 aromatic heterocycles. The molecular weight excluding hydrogens is 210 g/mol. The Balaban J connectivity index is 0.00000112. The molecule has 1 aliphatic heterocycles. The minimum Gasteiger partial charge on any atom is -0.298 e. The van der Waals surface area contributed by atoms with Crippen LogP contribution in [0.2, 0.25) is 0 Å². The fourth-order valence-corrected chi connectivity index (χ4v) is 2.09. The number of benzene rings is 1. The summed E-state index contributed by atoms with van der Waals surface area (Å²) in [4.78, 5) is 13.9. The predicted molar refractivity (Wildman–Crippen MR) is 63.3 cm³/mol. The highest BCUT2D eigenvalue weighted by Crippen LogP contribution is 2.26. The zero-order valence-electron chi connectivity index (χ0n) is 8.85. The molecule has 0 N–H and O–H groups in total. The third-order valence-electron chi connectivity index (χ3n) is 2.80. The van der Waals surface area contributed by atoms with Crippen molar-refractivity contribution in [2.75, 3.05) is 13.6 Å². The molecule has 0 amide bonds. The summed E-state index contributed by atoms with van der Waals surface area (Å²) in [6.07, 6.45) is 1.72. The zero-order valence-corrected chi connectivity index (χ0v) is 9.67. The summed E-state index contributed by atoms with van der Waals surface area (Å²) in [7, 11) is 2.02. The molecule has 82 valence electrons. The van der Waals surface area contributed by atoms with Gasteiger partial charge in [-0.15, -0.1) is 12.4 Å². The molecule has 1 atom stereocenters. The normalized spacial score (nSPS) is 22.2. The maximum absolute atomic E-state index is 11.8. The molecule has 0 aliphatic carbocycles. The van der Waals surface area contributed by atoms with Crippen molar-refractivity contribution in [2.24, 2.45) is 0 Å². The third kappa shape index (κ3) is 2.58. The van der Waals surface area contributed by atoms with E-state index in [1.807, 2.05) is 37.4 Å². The van der Waals surface area contributed by atoms with Crippen LogP contribution in [0.4, 0.5) is 0 Å². The second-order valence-electron chi connectivity index (χ2n) is 3.86. The van der Waals surface area contributed by atoms with E-state index < -0.39 is 0 Å². The molecule has 1 fully saturated rings. The van der Waals surface area contributed by atoms with Gasteiger partial charge >= 0.3 is 0 Å². The van der Waals surface area contributed by atoms with Crippen molar-refractivity contribution in [1.82, 2.24) is 4.90 Å². The minimum atomic E-state index is -0.00931. The highest BCUT2D eigenvalue weighted by atomic mass is 35.5. The lowest BCUT2D eigenvalue weighted by Crippen LogP contribution is -2.36. The Morgan fingerprint density at radius 1 is 1.27 bits per heavy atom. The third-order valence-corrected chi connectivity index (χ3v) is 2.80. The number of carbonyl (C=O) groups is 1. The molecule has 0 saturated carbocycles. The van der Waals surface area contributed by atoms with Crippen LogP contribution in [0.1, 0.15) is 24.4 Å². The van der Waals surface area contributed by atoms with Gasteiger partial charge in [0.1, 0.15) is 0 Å². The van der Waals surface area contributed by atoms with Gasteiger partial charge < -0.3 is 0 Å². The second-order valence-corrected chi connectivity index (χ2v) is 3.86. The second kappa shape index (κ2) is 5.29. The smallest absolute Gasteiger partial charge is 0.154 e. The van der Waals surface area contributed by atoms with Crippen molar-refractivity contribution < 1.29 is 4.79 Å². The van der Waals surface area contributed by atoms with Crippen LogP contribution in [0.5, 0.6) is 0 Å². The van der Waals surface area contributed by atoms with E-state index in [1.54, 1.807) is 0 Å². The summed E-state index contributed by atoms with van der Waals surface area (Å²) < 4.78 is 0. The molecule has 2 nitrogen and oxygen atoms in total. The first-order valence-electron chi connectivity index (χ1n) is 5.07. The number of halogens is 1. The van der Waals surface area contributed by atoms with Crippen LogP contribution in [0.3, 0.4) is 0 Å². The van der Waals surface area contributed by atoms with Gasteiger partial charge in [0.2, 0.25) is 0 Å². The van der Waals surface area contributed by atoms with Gasteiger partial charge in [0.25, 0.3) is 0 Å². The average Bonchev–Trinajstić information content (AvgIpc) is 2.19. The summed E-state index contributed by atoms with van der Waals surface area (Å²) in [6.45, 7) is 1.02. The molecule has 1 aliphatic rings. The topological polar surface area (TPSA) is 20.3 Å². The molecule has 1 unspecified atom stereocenters. The number of likely N-dealkylation sites (N-methyl/N-ethyl adjacent to an activating group) is 1. The van der Waals surface area contributed by atoms with Crippen molar-refractivity contribution in [1.29, 1.82) is 0 Å². The quantitative estimate of drug-likeness (QED) is 0.732. The van der Waals surface area contributed by atoms with Gasteiger partial charge in [-0.2, -0.15) is 0 Å². The summed E-state index contributed by atoms with van der Waals surface area (Å²) >= 11 is 0. The molecule has 15 heavy (non-hydrogen) atoms. The first kappa shape index (κ1) is 12.2. The van der Waals surface area contributed by atoms with E-state index in [1.165, 1.54) is 0 Å². The minimum absolute atomic E-state index is 0. The fourth-order valence-electron chi connectivity index (χ4n) is 2.09. The Labute approximate surface area is 96.7 Å². The van der Waals surface area contributed by atoms with Crippen LogP contribution in [-0.4, -0.2) is 24.3 Å². The molecule has 1 aromatic rings. The highest BCUT2D eigenvalue weighted by molar-refractivity contribution is 5.86. The van der Waals surface area contributed by atoms with Crippen LogP contribution in [0, 0.1) is 0 Å². The summed E-state index contributed by atoms with van der Waals surface area (Å²) in [5.41, 5.74) is 1.12. The van der Waals surface area contributed by atoms with E-state index in [0.717, 1.165) is 24.9 Å². The number of hydrogen-bond donors (Lipinski definition) is 0. The van der Waals surface area contributed by atoms with Crippen LogP contribution in [-0.2, 0) is 4.79 Å². The number of rotatable bonds is 1. The van der Waals surface area contributed by atoms with E-state index in [2.05, 4.69) is 4.90 Å². The average molecular weight is 226 g/mol. The largest absolute Gasteiger partial charge is 0.298 e. The van der Waals surface area contributed by atoms with Gasteiger partial charge in [0.05, 0.1) is 6.04 Å². The van der Waals surface area contributed by atoms with E-state index in [0.29, 0.717) is 5.78 Å². The molecule has 0 spiro atoms. The number of Topliss-reactive ketones (excluding diaryl/α,β-unsaturated/α-hetero) is 1. The number of piperidine rings is 1. The molecule has 2 rings (SSSR count). The molecule has 0 radical (unpaired) electrons. The van der Waals surface area contributed by atoms with E-state index in [9.17, 15) is 4.79 Å². The lowest BCUT2D eigenvalue weighted by molar-refractivity contribution is -0.126. The van der Waals surface area contributed by atoms with Crippen molar-refractivity contribution in [2.45, 2.75) is 18.9 Å². The maximum Gasteiger partial charge on any atom is 0.154 e. The van der Waals surface area contributed by atoms with E-state index in [4.69, 9.17) is 0 Å². The number of nitrogens with zero attached hydrogens (tertiary/aromatic N) is 1. The lowest BCUT2D eigenvalue weighted by atomic mass is 9.95. The van der Waals surface area contributed by atoms with Crippen LogP contribution < -0.4 is 0 Å². The SMILES string of the molecule is CN1CCCC(=O)C1c1ccccc1.Cl. The monoisotopic (exact) mass is 225 g/mol. The van der Waals surface area contributed by atoms with Gasteiger partial charge in [0, 0.05) is 6.42 Å². The zero-order chi connectivity index (χ0) is 9.97. The lowest BCUT2D eigenvalue weighted by Gasteiger charge is -2.31. The first-order chi connectivity index (χ1) is 6.79. The van der Waals surface area contributed by atoms with Gasteiger partial charge in [0.15, 0.2) is 5.78 Å². The Morgan fingerprint density at radius 2 is 1.93 bits per heavy atom. The predicted octanol–water partition coefficient (Wildman–Crippen LogP) is 2.44.